The summed E-state index contributed by atoms with van der Waals surface area (Å²) in [5.74, 6) is 0. The molecule has 1 aromatic rings. The fourth-order valence-electron chi connectivity index (χ4n) is 2.42. The van der Waals surface area contributed by atoms with Gasteiger partial charge >= 0.3 is 6.09 Å². The van der Waals surface area contributed by atoms with Crippen LogP contribution in [0.3, 0.4) is 0 Å². The van der Waals surface area contributed by atoms with E-state index < -0.39 is 5.60 Å². The van der Waals surface area contributed by atoms with E-state index >= 15 is 0 Å². The maximum atomic E-state index is 11.9. The molecule has 1 amide bonds. The number of hydrogen-bond donors (Lipinski definition) is 2. The highest BCUT2D eigenvalue weighted by atomic mass is 35.5. The zero-order valence-corrected chi connectivity index (χ0v) is 13.0. The van der Waals surface area contributed by atoms with E-state index in [0.717, 1.165) is 24.0 Å². The Balaban J connectivity index is 0.00000200. The molecule has 2 rings (SSSR count). The van der Waals surface area contributed by atoms with Crippen molar-refractivity contribution in [3.63, 3.8) is 0 Å². The van der Waals surface area contributed by atoms with Gasteiger partial charge in [0.2, 0.25) is 0 Å². The Morgan fingerprint density at radius 1 is 1.25 bits per heavy atom. The summed E-state index contributed by atoms with van der Waals surface area (Å²) in [6.07, 6.45) is 1.34. The van der Waals surface area contributed by atoms with Gasteiger partial charge in [0.25, 0.3) is 0 Å². The first-order valence-corrected chi connectivity index (χ1v) is 6.71. The molecule has 0 saturated carbocycles. The number of ether oxygens (including phenoxy) is 1. The van der Waals surface area contributed by atoms with Crippen LogP contribution in [0.1, 0.15) is 56.8 Å². The molecule has 5 heteroatoms. The summed E-state index contributed by atoms with van der Waals surface area (Å²) in [5, 5.41) is 2.94. The third-order valence-electron chi connectivity index (χ3n) is 3.23. The van der Waals surface area contributed by atoms with Crippen LogP contribution in [0, 0.1) is 0 Å². The summed E-state index contributed by atoms with van der Waals surface area (Å²) >= 11 is 0. The first-order valence-electron chi connectivity index (χ1n) is 6.71. The van der Waals surface area contributed by atoms with Gasteiger partial charge in [-0.1, -0.05) is 24.3 Å². The molecule has 0 aromatic heterocycles. The minimum atomic E-state index is -0.478. The van der Waals surface area contributed by atoms with E-state index in [4.69, 9.17) is 10.5 Å². The summed E-state index contributed by atoms with van der Waals surface area (Å²) in [6, 6.07) is 8.06. The van der Waals surface area contributed by atoms with Crippen LogP contribution >= 0.6 is 12.4 Å². The number of carbonyl (C=O) groups is 1. The number of fused-ring (bicyclic) bond motifs is 1. The lowest BCUT2D eigenvalue weighted by Gasteiger charge is -2.31. The maximum absolute atomic E-state index is 11.9. The number of halogens is 1. The predicted molar refractivity (Wildman–Crippen MR) is 82.0 cm³/mol. The standard InChI is InChI=1S/C15H22N2O2.ClH/c1-15(2,3)19-14(18)17-13-9-8-12(16)10-6-4-5-7-11(10)13;/h4-7,12-13H,8-9,16H2,1-3H3,(H,17,18);1H. The topological polar surface area (TPSA) is 64.3 Å². The molecular formula is C15H23ClN2O2. The van der Waals surface area contributed by atoms with Gasteiger partial charge in [-0.15, -0.1) is 12.4 Å². The summed E-state index contributed by atoms with van der Waals surface area (Å²) < 4.78 is 5.30. The van der Waals surface area contributed by atoms with Crippen LogP contribution in [0.5, 0.6) is 0 Å². The Kier molecular flexibility index (Phi) is 5.42. The summed E-state index contributed by atoms with van der Waals surface area (Å²) in [4.78, 5) is 11.9. The number of benzene rings is 1. The molecule has 0 radical (unpaired) electrons. The van der Waals surface area contributed by atoms with E-state index in [1.807, 2.05) is 45.0 Å². The number of nitrogens with one attached hydrogen (secondary N) is 1. The quantitative estimate of drug-likeness (QED) is 0.834. The molecule has 1 aliphatic carbocycles. The van der Waals surface area contributed by atoms with Gasteiger partial charge in [0.05, 0.1) is 6.04 Å². The molecule has 1 aliphatic rings. The van der Waals surface area contributed by atoms with Crippen LogP contribution in [0.4, 0.5) is 4.79 Å². The normalized spacial score (nSPS) is 21.4. The van der Waals surface area contributed by atoms with Crippen LogP contribution in [0.15, 0.2) is 24.3 Å². The van der Waals surface area contributed by atoms with Gasteiger partial charge in [-0.2, -0.15) is 0 Å². The van der Waals surface area contributed by atoms with Crippen molar-refractivity contribution in [2.24, 2.45) is 5.73 Å². The number of amides is 1. The van der Waals surface area contributed by atoms with Crippen molar-refractivity contribution in [2.75, 3.05) is 0 Å². The molecule has 0 spiro atoms. The van der Waals surface area contributed by atoms with Gasteiger partial charge in [0.1, 0.15) is 5.60 Å². The van der Waals surface area contributed by atoms with Gasteiger partial charge in [-0.25, -0.2) is 4.79 Å². The maximum Gasteiger partial charge on any atom is 0.408 e. The Morgan fingerprint density at radius 3 is 2.45 bits per heavy atom. The number of carbonyl (C=O) groups excluding carboxylic acids is 1. The number of nitrogens with two attached hydrogens (primary N) is 1. The Bertz CT molecular complexity index is 471. The SMILES string of the molecule is CC(C)(C)OC(=O)NC1CCC(N)c2ccccc21.Cl. The van der Waals surface area contributed by atoms with E-state index in [-0.39, 0.29) is 30.6 Å². The molecule has 0 fully saturated rings. The zero-order chi connectivity index (χ0) is 14.0. The molecule has 1 aromatic carbocycles. The fraction of sp³-hybridized carbons (Fsp3) is 0.533. The summed E-state index contributed by atoms with van der Waals surface area (Å²) in [7, 11) is 0. The van der Waals surface area contributed by atoms with Crippen LogP contribution in [0.2, 0.25) is 0 Å². The largest absolute Gasteiger partial charge is 0.444 e. The molecule has 0 saturated heterocycles. The molecule has 0 bridgehead atoms. The van der Waals surface area contributed by atoms with E-state index in [2.05, 4.69) is 5.32 Å². The second-order valence-electron chi connectivity index (χ2n) is 6.01. The first-order chi connectivity index (χ1) is 8.87. The molecule has 20 heavy (non-hydrogen) atoms. The molecule has 4 nitrogen and oxygen atoms in total. The van der Waals surface area contributed by atoms with Crippen LogP contribution in [-0.2, 0) is 4.74 Å². The third-order valence-corrected chi connectivity index (χ3v) is 3.23. The first kappa shape index (κ1) is 16.8. The highest BCUT2D eigenvalue weighted by molar-refractivity contribution is 5.85. The summed E-state index contributed by atoms with van der Waals surface area (Å²) in [5.41, 5.74) is 7.84. The average molecular weight is 299 g/mol. The van der Waals surface area contributed by atoms with Gasteiger partial charge < -0.3 is 15.8 Å². The lowest BCUT2D eigenvalue weighted by atomic mass is 9.85. The lowest BCUT2D eigenvalue weighted by molar-refractivity contribution is 0.0497. The second kappa shape index (κ2) is 6.46. The molecule has 2 atom stereocenters. The monoisotopic (exact) mass is 298 g/mol. The van der Waals surface area contributed by atoms with E-state index in [9.17, 15) is 4.79 Å². The number of rotatable bonds is 1. The molecule has 112 valence electrons. The fourth-order valence-corrected chi connectivity index (χ4v) is 2.42. The minimum Gasteiger partial charge on any atom is -0.444 e. The molecule has 2 unspecified atom stereocenters. The van der Waals surface area contributed by atoms with Gasteiger partial charge in [-0.3, -0.25) is 0 Å². The van der Waals surface area contributed by atoms with Crippen molar-refractivity contribution < 1.29 is 9.53 Å². The highest BCUT2D eigenvalue weighted by Gasteiger charge is 2.27. The van der Waals surface area contributed by atoms with Crippen molar-refractivity contribution in [3.8, 4) is 0 Å². The van der Waals surface area contributed by atoms with Crippen LogP contribution in [-0.4, -0.2) is 11.7 Å². The van der Waals surface area contributed by atoms with E-state index in [1.165, 1.54) is 0 Å². The van der Waals surface area contributed by atoms with Crippen LogP contribution in [0.25, 0.3) is 0 Å². The van der Waals surface area contributed by atoms with E-state index in [0.29, 0.717) is 0 Å². The van der Waals surface area contributed by atoms with Gasteiger partial charge in [0, 0.05) is 6.04 Å². The average Bonchev–Trinajstić information content (AvgIpc) is 2.31. The van der Waals surface area contributed by atoms with Crippen molar-refractivity contribution in [2.45, 2.75) is 51.3 Å². The molecule has 3 N–H and O–H groups in total. The number of hydrogen-bond acceptors (Lipinski definition) is 3. The Labute approximate surface area is 126 Å². The van der Waals surface area contributed by atoms with Crippen molar-refractivity contribution in [3.05, 3.63) is 35.4 Å². The van der Waals surface area contributed by atoms with E-state index in [1.54, 1.807) is 0 Å². The van der Waals surface area contributed by atoms with Crippen LogP contribution < -0.4 is 11.1 Å². The van der Waals surface area contributed by atoms with Gasteiger partial charge in [0.15, 0.2) is 0 Å². The lowest BCUT2D eigenvalue weighted by Crippen LogP contribution is -2.37. The Morgan fingerprint density at radius 2 is 1.85 bits per heavy atom. The number of alkyl carbamates (subject to hydrolysis) is 1. The Hall–Kier alpha value is -1.26. The smallest absolute Gasteiger partial charge is 0.408 e. The molecular weight excluding hydrogens is 276 g/mol. The van der Waals surface area contributed by atoms with Crippen molar-refractivity contribution in [1.29, 1.82) is 0 Å². The van der Waals surface area contributed by atoms with Crippen molar-refractivity contribution >= 4 is 18.5 Å². The minimum absolute atomic E-state index is 0. The second-order valence-corrected chi connectivity index (χ2v) is 6.01. The molecule has 0 heterocycles. The predicted octanol–water partition coefficient (Wildman–Crippen LogP) is 3.47. The van der Waals surface area contributed by atoms with Gasteiger partial charge in [-0.05, 0) is 44.7 Å². The third kappa shape index (κ3) is 4.12. The summed E-state index contributed by atoms with van der Waals surface area (Å²) in [6.45, 7) is 5.58. The van der Waals surface area contributed by atoms with Crippen molar-refractivity contribution in [1.82, 2.24) is 5.32 Å². The highest BCUT2D eigenvalue weighted by Crippen LogP contribution is 2.34. The molecule has 0 aliphatic heterocycles. The zero-order valence-electron chi connectivity index (χ0n) is 12.2.